The molecule has 2 nitrogen and oxygen atoms in total. The standard InChI is InChI=1S/C11H7F4NO/c1-6-5-16-10(17-6)7-2-3-8(9(12)4-7)11(13,14)15/h2-5H,1H3. The zero-order chi connectivity index (χ0) is 12.6. The summed E-state index contributed by atoms with van der Waals surface area (Å²) in [7, 11) is 0. The lowest BCUT2D eigenvalue weighted by molar-refractivity contribution is -0.139. The van der Waals surface area contributed by atoms with Crippen LogP contribution in [0.15, 0.2) is 28.8 Å². The summed E-state index contributed by atoms with van der Waals surface area (Å²) >= 11 is 0. The van der Waals surface area contributed by atoms with Gasteiger partial charge in [-0.15, -0.1) is 0 Å². The van der Waals surface area contributed by atoms with Gasteiger partial charge in [0.15, 0.2) is 0 Å². The fourth-order valence-electron chi connectivity index (χ4n) is 1.37. The van der Waals surface area contributed by atoms with E-state index in [1.165, 1.54) is 6.20 Å². The normalized spacial score (nSPS) is 11.8. The van der Waals surface area contributed by atoms with E-state index in [2.05, 4.69) is 4.98 Å². The van der Waals surface area contributed by atoms with Crippen molar-refractivity contribution in [2.45, 2.75) is 13.1 Å². The quantitative estimate of drug-likeness (QED) is 0.714. The Morgan fingerprint density at radius 3 is 2.41 bits per heavy atom. The summed E-state index contributed by atoms with van der Waals surface area (Å²) in [4.78, 5) is 3.80. The van der Waals surface area contributed by atoms with Crippen molar-refractivity contribution in [2.24, 2.45) is 0 Å². The van der Waals surface area contributed by atoms with Crippen LogP contribution < -0.4 is 0 Å². The Kier molecular flexibility index (Phi) is 2.65. The Balaban J connectivity index is 2.44. The third-order valence-corrected chi connectivity index (χ3v) is 2.14. The van der Waals surface area contributed by atoms with Crippen molar-refractivity contribution in [1.29, 1.82) is 0 Å². The van der Waals surface area contributed by atoms with Crippen LogP contribution in [0.3, 0.4) is 0 Å². The van der Waals surface area contributed by atoms with Crippen molar-refractivity contribution in [3.63, 3.8) is 0 Å². The van der Waals surface area contributed by atoms with Gasteiger partial charge in [0.2, 0.25) is 5.89 Å². The Hall–Kier alpha value is -1.85. The van der Waals surface area contributed by atoms with E-state index < -0.39 is 17.6 Å². The molecule has 0 saturated heterocycles. The van der Waals surface area contributed by atoms with Gasteiger partial charge in [-0.1, -0.05) is 0 Å². The van der Waals surface area contributed by atoms with Gasteiger partial charge in [-0.05, 0) is 25.1 Å². The van der Waals surface area contributed by atoms with Gasteiger partial charge in [-0.2, -0.15) is 13.2 Å². The molecular formula is C11H7F4NO. The minimum atomic E-state index is -4.70. The maximum absolute atomic E-state index is 13.2. The fraction of sp³-hybridized carbons (Fsp3) is 0.182. The molecule has 0 aliphatic carbocycles. The molecule has 1 aromatic heterocycles. The van der Waals surface area contributed by atoms with Crippen molar-refractivity contribution < 1.29 is 22.0 Å². The molecule has 0 radical (unpaired) electrons. The first kappa shape index (κ1) is 11.6. The summed E-state index contributed by atoms with van der Waals surface area (Å²) in [6.45, 7) is 1.64. The Morgan fingerprint density at radius 1 is 1.24 bits per heavy atom. The molecule has 0 aliphatic heterocycles. The van der Waals surface area contributed by atoms with Crippen molar-refractivity contribution in [1.82, 2.24) is 4.98 Å². The molecule has 1 heterocycles. The average molecular weight is 245 g/mol. The molecule has 1 aromatic carbocycles. The SMILES string of the molecule is Cc1cnc(-c2ccc(C(F)(F)F)c(F)c2)o1. The lowest BCUT2D eigenvalue weighted by Gasteiger charge is -2.08. The van der Waals surface area contributed by atoms with Crippen molar-refractivity contribution in [3.8, 4) is 11.5 Å². The second kappa shape index (κ2) is 3.87. The summed E-state index contributed by atoms with van der Waals surface area (Å²) in [6.07, 6.45) is -3.29. The molecule has 0 bridgehead atoms. The molecule has 0 saturated carbocycles. The third-order valence-electron chi connectivity index (χ3n) is 2.14. The number of benzene rings is 1. The average Bonchev–Trinajstić information content (AvgIpc) is 2.62. The molecule has 0 fully saturated rings. The molecule has 90 valence electrons. The summed E-state index contributed by atoms with van der Waals surface area (Å²) in [6, 6.07) is 2.55. The zero-order valence-electron chi connectivity index (χ0n) is 8.68. The molecule has 0 N–H and O–H groups in total. The van der Waals surface area contributed by atoms with Gasteiger partial charge in [-0.25, -0.2) is 9.37 Å². The molecule has 0 spiro atoms. The van der Waals surface area contributed by atoms with Gasteiger partial charge in [-0.3, -0.25) is 0 Å². The molecule has 0 atom stereocenters. The lowest BCUT2D eigenvalue weighted by Crippen LogP contribution is -2.07. The van der Waals surface area contributed by atoms with E-state index in [1.807, 2.05) is 0 Å². The van der Waals surface area contributed by atoms with E-state index in [0.29, 0.717) is 11.8 Å². The van der Waals surface area contributed by atoms with Crippen molar-refractivity contribution in [3.05, 3.63) is 41.5 Å². The largest absolute Gasteiger partial charge is 0.441 e. The highest BCUT2D eigenvalue weighted by Gasteiger charge is 2.34. The van der Waals surface area contributed by atoms with E-state index in [9.17, 15) is 17.6 Å². The third kappa shape index (κ3) is 2.30. The van der Waals surface area contributed by atoms with Crippen LogP contribution in [0.4, 0.5) is 17.6 Å². The van der Waals surface area contributed by atoms with E-state index in [1.54, 1.807) is 6.92 Å². The molecular weight excluding hydrogens is 238 g/mol. The van der Waals surface area contributed by atoms with Gasteiger partial charge in [0.25, 0.3) is 0 Å². The van der Waals surface area contributed by atoms with Crippen LogP contribution in [0, 0.1) is 12.7 Å². The van der Waals surface area contributed by atoms with E-state index in [-0.39, 0.29) is 11.5 Å². The Morgan fingerprint density at radius 2 is 1.94 bits per heavy atom. The monoisotopic (exact) mass is 245 g/mol. The van der Waals surface area contributed by atoms with Gasteiger partial charge < -0.3 is 4.42 Å². The highest BCUT2D eigenvalue weighted by atomic mass is 19.4. The van der Waals surface area contributed by atoms with Gasteiger partial charge >= 0.3 is 6.18 Å². The predicted molar refractivity (Wildman–Crippen MR) is 51.6 cm³/mol. The summed E-state index contributed by atoms with van der Waals surface area (Å²) in [5.41, 5.74) is -1.13. The summed E-state index contributed by atoms with van der Waals surface area (Å²) in [5.74, 6) is -0.749. The van der Waals surface area contributed by atoms with E-state index in [4.69, 9.17) is 4.42 Å². The van der Waals surface area contributed by atoms with Gasteiger partial charge in [0.1, 0.15) is 11.6 Å². The number of rotatable bonds is 1. The van der Waals surface area contributed by atoms with E-state index >= 15 is 0 Å². The molecule has 0 aliphatic rings. The van der Waals surface area contributed by atoms with Crippen LogP contribution >= 0.6 is 0 Å². The van der Waals surface area contributed by atoms with Crippen LogP contribution in [0.25, 0.3) is 11.5 Å². The Labute approximate surface area is 93.9 Å². The maximum atomic E-state index is 13.2. The van der Waals surface area contributed by atoms with Crippen LogP contribution in [0.1, 0.15) is 11.3 Å². The number of hydrogen-bond donors (Lipinski definition) is 0. The van der Waals surface area contributed by atoms with Crippen molar-refractivity contribution in [2.75, 3.05) is 0 Å². The number of oxazole rings is 1. The van der Waals surface area contributed by atoms with Gasteiger partial charge in [0.05, 0.1) is 11.8 Å². The minimum Gasteiger partial charge on any atom is -0.441 e. The summed E-state index contributed by atoms with van der Waals surface area (Å²) < 4.78 is 55.3. The van der Waals surface area contributed by atoms with Crippen LogP contribution in [-0.2, 0) is 6.18 Å². The highest BCUT2D eigenvalue weighted by Crippen LogP contribution is 2.33. The number of alkyl halides is 3. The number of hydrogen-bond acceptors (Lipinski definition) is 2. The number of halogens is 4. The molecule has 0 amide bonds. The van der Waals surface area contributed by atoms with Crippen molar-refractivity contribution >= 4 is 0 Å². The molecule has 2 rings (SSSR count). The zero-order valence-corrected chi connectivity index (χ0v) is 8.68. The Bertz CT molecular complexity index is 545. The molecule has 6 heteroatoms. The minimum absolute atomic E-state index is 0.0927. The maximum Gasteiger partial charge on any atom is 0.419 e. The molecule has 0 unspecified atom stereocenters. The number of aryl methyl sites for hydroxylation is 1. The molecule has 2 aromatic rings. The first-order valence-electron chi connectivity index (χ1n) is 4.67. The van der Waals surface area contributed by atoms with E-state index in [0.717, 1.165) is 12.1 Å². The topological polar surface area (TPSA) is 26.0 Å². The number of aromatic nitrogens is 1. The van der Waals surface area contributed by atoms with Crippen LogP contribution in [0.2, 0.25) is 0 Å². The van der Waals surface area contributed by atoms with Crippen LogP contribution in [0.5, 0.6) is 0 Å². The molecule has 17 heavy (non-hydrogen) atoms. The first-order chi connectivity index (χ1) is 7.88. The second-order valence-corrected chi connectivity index (χ2v) is 3.47. The number of nitrogens with zero attached hydrogens (tertiary/aromatic N) is 1. The smallest absolute Gasteiger partial charge is 0.419 e. The highest BCUT2D eigenvalue weighted by molar-refractivity contribution is 5.54. The predicted octanol–water partition coefficient (Wildman–Crippen LogP) is 3.81. The lowest BCUT2D eigenvalue weighted by atomic mass is 10.1. The van der Waals surface area contributed by atoms with Crippen LogP contribution in [-0.4, -0.2) is 4.98 Å². The summed E-state index contributed by atoms with van der Waals surface area (Å²) in [5, 5.41) is 0. The van der Waals surface area contributed by atoms with Gasteiger partial charge in [0, 0.05) is 5.56 Å². The second-order valence-electron chi connectivity index (χ2n) is 3.47. The fourth-order valence-corrected chi connectivity index (χ4v) is 1.37. The first-order valence-corrected chi connectivity index (χ1v) is 4.67.